The van der Waals surface area contributed by atoms with Gasteiger partial charge in [-0.25, -0.2) is 0 Å². The summed E-state index contributed by atoms with van der Waals surface area (Å²) in [6.07, 6.45) is 2.16. The largest absolute Gasteiger partial charge is 0.340 e. The predicted molar refractivity (Wildman–Crippen MR) is 64.9 cm³/mol. The highest BCUT2D eigenvalue weighted by Crippen LogP contribution is 2.12. The molecule has 0 atom stereocenters. The molecule has 1 heterocycles. The number of hydrogen-bond donors (Lipinski definition) is 2. The minimum absolute atomic E-state index is 0.719. The van der Waals surface area contributed by atoms with Crippen molar-refractivity contribution in [3.8, 4) is 6.07 Å². The van der Waals surface area contributed by atoms with E-state index in [1.807, 2.05) is 24.6 Å². The van der Waals surface area contributed by atoms with E-state index in [-0.39, 0.29) is 0 Å². The first-order valence-corrected chi connectivity index (χ1v) is 5.66. The Morgan fingerprint density at radius 2 is 2.25 bits per heavy atom. The van der Waals surface area contributed by atoms with Gasteiger partial charge in [0.25, 0.3) is 0 Å². The third kappa shape index (κ3) is 3.09. The Labute approximate surface area is 97.1 Å². The lowest BCUT2D eigenvalue weighted by Gasteiger charge is -2.04. The molecule has 0 spiro atoms. The standard InChI is InChI=1S/C12H20N4/c1-10-11(7-12(8-14)16(10)2)9-15-6-4-3-5-13/h7,15H,3-6,9,13H2,1-2H3. The third-order valence-corrected chi connectivity index (χ3v) is 2.88. The normalized spacial score (nSPS) is 10.4. The highest BCUT2D eigenvalue weighted by Gasteiger charge is 2.07. The fraction of sp³-hybridized carbons (Fsp3) is 0.583. The Bertz CT molecular complexity index is 373. The van der Waals surface area contributed by atoms with Gasteiger partial charge in [-0.05, 0) is 44.5 Å². The van der Waals surface area contributed by atoms with Crippen molar-refractivity contribution in [1.29, 1.82) is 5.26 Å². The zero-order chi connectivity index (χ0) is 12.0. The average Bonchev–Trinajstić information content (AvgIpc) is 2.56. The lowest BCUT2D eigenvalue weighted by Crippen LogP contribution is -2.16. The Balaban J connectivity index is 2.46. The number of nitrogens with two attached hydrogens (primary N) is 1. The lowest BCUT2D eigenvalue weighted by molar-refractivity contribution is 0.625. The van der Waals surface area contributed by atoms with Gasteiger partial charge < -0.3 is 15.6 Å². The van der Waals surface area contributed by atoms with Crippen molar-refractivity contribution in [2.75, 3.05) is 13.1 Å². The van der Waals surface area contributed by atoms with Crippen molar-refractivity contribution < 1.29 is 0 Å². The highest BCUT2D eigenvalue weighted by atomic mass is 15.0. The molecule has 4 heteroatoms. The summed E-state index contributed by atoms with van der Waals surface area (Å²) in [5.74, 6) is 0. The Morgan fingerprint density at radius 1 is 1.50 bits per heavy atom. The zero-order valence-electron chi connectivity index (χ0n) is 10.1. The van der Waals surface area contributed by atoms with Crippen molar-refractivity contribution in [3.05, 3.63) is 23.0 Å². The molecule has 0 aliphatic carbocycles. The SMILES string of the molecule is Cc1c(CNCCCCN)cc(C#N)n1C. The van der Waals surface area contributed by atoms with Crippen LogP contribution in [0.25, 0.3) is 0 Å². The zero-order valence-corrected chi connectivity index (χ0v) is 10.1. The van der Waals surface area contributed by atoms with Crippen molar-refractivity contribution in [1.82, 2.24) is 9.88 Å². The Kier molecular flexibility index (Phi) is 5.03. The van der Waals surface area contributed by atoms with E-state index in [0.29, 0.717) is 0 Å². The van der Waals surface area contributed by atoms with Gasteiger partial charge in [0, 0.05) is 19.3 Å². The minimum atomic E-state index is 0.719. The molecule has 0 aliphatic rings. The van der Waals surface area contributed by atoms with Gasteiger partial charge in [-0.2, -0.15) is 5.26 Å². The Morgan fingerprint density at radius 3 is 2.81 bits per heavy atom. The summed E-state index contributed by atoms with van der Waals surface area (Å²) in [6.45, 7) is 4.60. The molecule has 0 bridgehead atoms. The summed E-state index contributed by atoms with van der Waals surface area (Å²) in [5.41, 5.74) is 8.49. The monoisotopic (exact) mass is 220 g/mol. The van der Waals surface area contributed by atoms with Crippen LogP contribution >= 0.6 is 0 Å². The second kappa shape index (κ2) is 6.31. The fourth-order valence-electron chi connectivity index (χ4n) is 1.67. The lowest BCUT2D eigenvalue weighted by atomic mass is 10.2. The molecule has 4 nitrogen and oxygen atoms in total. The maximum Gasteiger partial charge on any atom is 0.120 e. The Hall–Kier alpha value is -1.31. The molecular weight excluding hydrogens is 200 g/mol. The summed E-state index contributed by atoms with van der Waals surface area (Å²) in [6, 6.07) is 4.14. The van der Waals surface area contributed by atoms with Crippen LogP contribution in [0.1, 0.15) is 29.8 Å². The third-order valence-electron chi connectivity index (χ3n) is 2.88. The summed E-state index contributed by atoms with van der Waals surface area (Å²) in [7, 11) is 1.92. The summed E-state index contributed by atoms with van der Waals surface area (Å²) >= 11 is 0. The number of nitrogens with zero attached hydrogens (tertiary/aromatic N) is 2. The van der Waals surface area contributed by atoms with E-state index in [2.05, 4.69) is 11.4 Å². The van der Waals surface area contributed by atoms with Crippen LogP contribution in [-0.2, 0) is 13.6 Å². The molecule has 0 aliphatic heterocycles. The molecule has 0 aromatic carbocycles. The number of rotatable bonds is 6. The quantitative estimate of drug-likeness (QED) is 0.704. The van der Waals surface area contributed by atoms with Gasteiger partial charge in [-0.15, -0.1) is 0 Å². The molecule has 1 aromatic rings. The van der Waals surface area contributed by atoms with Gasteiger partial charge in [-0.1, -0.05) is 0 Å². The molecule has 0 saturated heterocycles. The van der Waals surface area contributed by atoms with Gasteiger partial charge in [0.15, 0.2) is 0 Å². The molecule has 0 fully saturated rings. The maximum absolute atomic E-state index is 8.89. The van der Waals surface area contributed by atoms with E-state index in [1.54, 1.807) is 0 Å². The minimum Gasteiger partial charge on any atom is -0.340 e. The summed E-state index contributed by atoms with van der Waals surface area (Å²) < 4.78 is 1.93. The number of aromatic nitrogens is 1. The number of hydrogen-bond acceptors (Lipinski definition) is 3. The molecule has 0 amide bonds. The first kappa shape index (κ1) is 12.8. The molecule has 0 radical (unpaired) electrons. The molecule has 16 heavy (non-hydrogen) atoms. The predicted octanol–water partition coefficient (Wildman–Crippen LogP) is 1.03. The second-order valence-corrected chi connectivity index (χ2v) is 3.98. The smallest absolute Gasteiger partial charge is 0.120 e. The second-order valence-electron chi connectivity index (χ2n) is 3.98. The van der Waals surface area contributed by atoms with Gasteiger partial charge in [-0.3, -0.25) is 0 Å². The van der Waals surface area contributed by atoms with E-state index in [4.69, 9.17) is 11.0 Å². The van der Waals surface area contributed by atoms with E-state index >= 15 is 0 Å². The highest BCUT2D eigenvalue weighted by molar-refractivity contribution is 5.33. The van der Waals surface area contributed by atoms with Crippen LogP contribution in [0.2, 0.25) is 0 Å². The fourth-order valence-corrected chi connectivity index (χ4v) is 1.67. The van der Waals surface area contributed by atoms with Crippen LogP contribution in [0.15, 0.2) is 6.07 Å². The summed E-state index contributed by atoms with van der Waals surface area (Å²) in [5, 5.41) is 12.3. The van der Waals surface area contributed by atoms with Crippen LogP contribution in [0.5, 0.6) is 0 Å². The molecule has 1 aromatic heterocycles. The van der Waals surface area contributed by atoms with Crippen LogP contribution in [0.3, 0.4) is 0 Å². The molecule has 88 valence electrons. The molecule has 1 rings (SSSR count). The van der Waals surface area contributed by atoms with E-state index in [9.17, 15) is 0 Å². The molecule has 0 unspecified atom stereocenters. The van der Waals surface area contributed by atoms with Crippen molar-refractivity contribution >= 4 is 0 Å². The van der Waals surface area contributed by atoms with E-state index in [0.717, 1.165) is 43.9 Å². The summed E-state index contributed by atoms with van der Waals surface area (Å²) in [4.78, 5) is 0. The van der Waals surface area contributed by atoms with Gasteiger partial charge in [0.1, 0.15) is 11.8 Å². The number of nitriles is 1. The van der Waals surface area contributed by atoms with Gasteiger partial charge >= 0.3 is 0 Å². The van der Waals surface area contributed by atoms with Crippen molar-refractivity contribution in [3.63, 3.8) is 0 Å². The number of unbranched alkanes of at least 4 members (excludes halogenated alkanes) is 1. The maximum atomic E-state index is 8.89. The van der Waals surface area contributed by atoms with Gasteiger partial charge in [0.05, 0.1) is 0 Å². The van der Waals surface area contributed by atoms with E-state index < -0.39 is 0 Å². The first-order valence-electron chi connectivity index (χ1n) is 5.66. The van der Waals surface area contributed by atoms with Crippen molar-refractivity contribution in [2.45, 2.75) is 26.3 Å². The van der Waals surface area contributed by atoms with Gasteiger partial charge in [0.2, 0.25) is 0 Å². The molecular formula is C12H20N4. The van der Waals surface area contributed by atoms with Crippen LogP contribution in [0, 0.1) is 18.3 Å². The molecule has 0 saturated carbocycles. The first-order chi connectivity index (χ1) is 7.70. The average molecular weight is 220 g/mol. The van der Waals surface area contributed by atoms with Crippen molar-refractivity contribution in [2.24, 2.45) is 12.8 Å². The van der Waals surface area contributed by atoms with Crippen LogP contribution in [0.4, 0.5) is 0 Å². The number of nitrogens with one attached hydrogen (secondary N) is 1. The topological polar surface area (TPSA) is 66.8 Å². The van der Waals surface area contributed by atoms with Crippen LogP contribution in [-0.4, -0.2) is 17.7 Å². The van der Waals surface area contributed by atoms with Crippen LogP contribution < -0.4 is 11.1 Å². The van der Waals surface area contributed by atoms with E-state index in [1.165, 1.54) is 5.56 Å². The molecule has 3 N–H and O–H groups in total.